The number of hydrogen-bond acceptors (Lipinski definition) is 6. The van der Waals surface area contributed by atoms with E-state index in [4.69, 9.17) is 20.2 Å². The van der Waals surface area contributed by atoms with Crippen molar-refractivity contribution in [1.29, 1.82) is 0 Å². The summed E-state index contributed by atoms with van der Waals surface area (Å²) < 4.78 is 12.8. The van der Waals surface area contributed by atoms with Gasteiger partial charge in [-0.25, -0.2) is 14.8 Å². The largest absolute Gasteiger partial charge is 0.463 e. The maximum Gasteiger partial charge on any atom is 0.330 e. The number of carbonyl (C=O) groups excluding carboxylic acids is 1. The quantitative estimate of drug-likeness (QED) is 0.493. The number of anilines is 1. The van der Waals surface area contributed by atoms with E-state index in [1.54, 1.807) is 13.0 Å². The minimum absolute atomic E-state index is 0.355. The topological polar surface area (TPSA) is 92.3 Å². The van der Waals surface area contributed by atoms with Gasteiger partial charge < -0.3 is 19.8 Å². The summed E-state index contributed by atoms with van der Waals surface area (Å²) in [4.78, 5) is 21.0. The molecule has 1 aliphatic heterocycles. The number of ether oxygens (including phenoxy) is 2. The standard InChI is InChI=1S/C23H28N4O3/c1-3-19-26-21-22(27(19)14-16-9-11-29-12-10-16)17-7-5-15(6-8-20(28)30-4-2)13-18(17)25-23(21)24/h5-8,13,16H,3-4,9-12,14H2,1-2H3,(H2,24,25). The Kier molecular flexibility index (Phi) is 5.99. The first-order valence-corrected chi connectivity index (χ1v) is 10.6. The van der Waals surface area contributed by atoms with Crippen LogP contribution in [0.4, 0.5) is 5.82 Å². The Morgan fingerprint density at radius 1 is 1.30 bits per heavy atom. The van der Waals surface area contributed by atoms with Gasteiger partial charge in [0.1, 0.15) is 11.3 Å². The number of hydrogen-bond donors (Lipinski definition) is 1. The van der Waals surface area contributed by atoms with E-state index < -0.39 is 0 Å². The molecule has 0 spiro atoms. The molecule has 0 amide bonds. The van der Waals surface area contributed by atoms with Crippen molar-refractivity contribution in [2.75, 3.05) is 25.6 Å². The van der Waals surface area contributed by atoms with Crippen LogP contribution in [0.5, 0.6) is 0 Å². The third kappa shape index (κ3) is 4.03. The molecule has 0 atom stereocenters. The molecule has 3 aromatic rings. The van der Waals surface area contributed by atoms with Gasteiger partial charge in [-0.3, -0.25) is 0 Å². The highest BCUT2D eigenvalue weighted by atomic mass is 16.5. The third-order valence-corrected chi connectivity index (χ3v) is 5.60. The van der Waals surface area contributed by atoms with Gasteiger partial charge in [0.25, 0.3) is 0 Å². The number of aromatic nitrogens is 3. The molecule has 1 aliphatic rings. The number of pyridine rings is 1. The molecule has 158 valence electrons. The molecule has 0 saturated carbocycles. The molecule has 0 radical (unpaired) electrons. The van der Waals surface area contributed by atoms with Gasteiger partial charge in [-0.2, -0.15) is 0 Å². The molecule has 7 heteroatoms. The number of esters is 1. The third-order valence-electron chi connectivity index (χ3n) is 5.60. The number of nitrogens with zero attached hydrogens (tertiary/aromatic N) is 3. The van der Waals surface area contributed by atoms with Crippen molar-refractivity contribution in [3.8, 4) is 0 Å². The number of imidazole rings is 1. The molecule has 2 N–H and O–H groups in total. The highest BCUT2D eigenvalue weighted by molar-refractivity contribution is 6.07. The fourth-order valence-corrected chi connectivity index (χ4v) is 4.09. The second kappa shape index (κ2) is 8.83. The highest BCUT2D eigenvalue weighted by Crippen LogP contribution is 2.31. The van der Waals surface area contributed by atoms with E-state index in [0.717, 1.165) is 72.3 Å². The van der Waals surface area contributed by atoms with Crippen LogP contribution in [0.15, 0.2) is 24.3 Å². The summed E-state index contributed by atoms with van der Waals surface area (Å²) in [7, 11) is 0. The van der Waals surface area contributed by atoms with Gasteiger partial charge in [-0.05, 0) is 43.4 Å². The zero-order valence-electron chi connectivity index (χ0n) is 17.6. The Morgan fingerprint density at radius 3 is 2.83 bits per heavy atom. The first-order valence-electron chi connectivity index (χ1n) is 10.6. The summed E-state index contributed by atoms with van der Waals surface area (Å²) in [5, 5.41) is 1.02. The number of nitrogens with two attached hydrogens (primary N) is 1. The normalized spacial score (nSPS) is 15.4. The average Bonchev–Trinajstić information content (AvgIpc) is 3.12. The van der Waals surface area contributed by atoms with Crippen molar-refractivity contribution < 1.29 is 14.3 Å². The van der Waals surface area contributed by atoms with E-state index in [1.807, 2.05) is 18.2 Å². The molecule has 2 aromatic heterocycles. The van der Waals surface area contributed by atoms with Crippen molar-refractivity contribution in [3.05, 3.63) is 35.7 Å². The van der Waals surface area contributed by atoms with E-state index >= 15 is 0 Å². The maximum absolute atomic E-state index is 11.6. The molecule has 1 aromatic carbocycles. The monoisotopic (exact) mass is 408 g/mol. The molecule has 0 bridgehead atoms. The second-order valence-corrected chi connectivity index (χ2v) is 7.60. The molecule has 1 saturated heterocycles. The molecule has 1 fully saturated rings. The van der Waals surface area contributed by atoms with Gasteiger partial charge in [0.15, 0.2) is 5.82 Å². The van der Waals surface area contributed by atoms with Crippen LogP contribution >= 0.6 is 0 Å². The summed E-state index contributed by atoms with van der Waals surface area (Å²) in [6.45, 7) is 6.80. The smallest absolute Gasteiger partial charge is 0.330 e. The SMILES string of the molecule is CCOC(=O)C=Cc1ccc2c(c1)nc(N)c1nc(CC)n(CC3CCOCC3)c12. The fraction of sp³-hybridized carbons (Fsp3) is 0.435. The van der Waals surface area contributed by atoms with Gasteiger partial charge in [-0.15, -0.1) is 0 Å². The molecule has 30 heavy (non-hydrogen) atoms. The Labute approximate surface area is 175 Å². The molecule has 4 rings (SSSR count). The predicted octanol–water partition coefficient (Wildman–Crippen LogP) is 3.73. The van der Waals surface area contributed by atoms with E-state index in [0.29, 0.717) is 18.3 Å². The Bertz CT molecular complexity index is 1100. The van der Waals surface area contributed by atoms with Crippen LogP contribution in [-0.2, 0) is 27.2 Å². The zero-order valence-corrected chi connectivity index (χ0v) is 17.6. The van der Waals surface area contributed by atoms with E-state index in [-0.39, 0.29) is 5.97 Å². The fourth-order valence-electron chi connectivity index (χ4n) is 4.09. The average molecular weight is 409 g/mol. The summed E-state index contributed by atoms with van der Waals surface area (Å²) >= 11 is 0. The van der Waals surface area contributed by atoms with E-state index in [9.17, 15) is 4.79 Å². The van der Waals surface area contributed by atoms with Crippen molar-refractivity contribution in [3.63, 3.8) is 0 Å². The van der Waals surface area contributed by atoms with Crippen molar-refractivity contribution in [2.45, 2.75) is 39.7 Å². The van der Waals surface area contributed by atoms with Crippen LogP contribution in [0.25, 0.3) is 28.0 Å². The molecule has 7 nitrogen and oxygen atoms in total. The lowest BCUT2D eigenvalue weighted by atomic mass is 10.00. The van der Waals surface area contributed by atoms with Gasteiger partial charge in [-0.1, -0.05) is 19.1 Å². The Morgan fingerprint density at radius 2 is 2.10 bits per heavy atom. The lowest BCUT2D eigenvalue weighted by molar-refractivity contribution is -0.137. The number of fused-ring (bicyclic) bond motifs is 3. The molecular weight excluding hydrogens is 380 g/mol. The number of benzene rings is 1. The first-order chi connectivity index (χ1) is 14.6. The highest BCUT2D eigenvalue weighted by Gasteiger charge is 2.21. The Hall–Kier alpha value is -2.93. The van der Waals surface area contributed by atoms with Gasteiger partial charge in [0, 0.05) is 37.6 Å². The van der Waals surface area contributed by atoms with Crippen LogP contribution in [-0.4, -0.2) is 40.3 Å². The van der Waals surface area contributed by atoms with E-state index in [1.165, 1.54) is 6.08 Å². The van der Waals surface area contributed by atoms with Crippen LogP contribution in [0.2, 0.25) is 0 Å². The second-order valence-electron chi connectivity index (χ2n) is 7.60. The van der Waals surface area contributed by atoms with Crippen molar-refractivity contribution in [2.24, 2.45) is 5.92 Å². The number of carbonyl (C=O) groups is 1. The Balaban J connectivity index is 1.79. The van der Waals surface area contributed by atoms with E-state index in [2.05, 4.69) is 16.5 Å². The maximum atomic E-state index is 11.6. The van der Waals surface area contributed by atoms with Crippen LogP contribution in [0.1, 0.15) is 38.1 Å². The summed E-state index contributed by atoms with van der Waals surface area (Å²) in [6, 6.07) is 5.96. The van der Waals surface area contributed by atoms with Crippen LogP contribution in [0, 0.1) is 5.92 Å². The predicted molar refractivity (Wildman–Crippen MR) is 118 cm³/mol. The molecule has 0 unspecified atom stereocenters. The van der Waals surface area contributed by atoms with Crippen LogP contribution < -0.4 is 5.73 Å². The summed E-state index contributed by atoms with van der Waals surface area (Å²) in [6.07, 6.45) is 6.11. The molecule has 3 heterocycles. The molecule has 0 aliphatic carbocycles. The number of nitrogen functional groups attached to an aromatic ring is 1. The van der Waals surface area contributed by atoms with Gasteiger partial charge >= 0.3 is 5.97 Å². The van der Waals surface area contributed by atoms with Crippen LogP contribution in [0.3, 0.4) is 0 Å². The number of rotatable bonds is 6. The minimum atomic E-state index is -0.359. The lowest BCUT2D eigenvalue weighted by Crippen LogP contribution is -2.21. The lowest BCUT2D eigenvalue weighted by Gasteiger charge is -2.23. The van der Waals surface area contributed by atoms with Gasteiger partial charge in [0.2, 0.25) is 0 Å². The zero-order chi connectivity index (χ0) is 21.1. The molecular formula is C23H28N4O3. The first kappa shape index (κ1) is 20.3. The summed E-state index contributed by atoms with van der Waals surface area (Å²) in [5.41, 5.74) is 9.78. The van der Waals surface area contributed by atoms with Gasteiger partial charge in [0.05, 0.1) is 17.6 Å². The summed E-state index contributed by atoms with van der Waals surface area (Å²) in [5.74, 6) is 1.67. The minimum Gasteiger partial charge on any atom is -0.463 e. The number of aryl methyl sites for hydroxylation is 1. The van der Waals surface area contributed by atoms with Crippen molar-refractivity contribution in [1.82, 2.24) is 14.5 Å². The van der Waals surface area contributed by atoms with Crippen molar-refractivity contribution >= 4 is 39.8 Å².